The standard InChI is InChI=1S/C16H26N4O/c1-10(17)12-19-20-13(21-12)18-16-6-11-4-14(2,8-16)7-15(3,5-11)9-16/h10-11H,4-9,17H2,1-3H3,(H,18,20). The van der Waals surface area contributed by atoms with E-state index in [1.807, 2.05) is 6.92 Å². The van der Waals surface area contributed by atoms with Crippen molar-refractivity contribution in [1.82, 2.24) is 10.2 Å². The summed E-state index contributed by atoms with van der Waals surface area (Å²) in [6, 6.07) is 0.343. The highest BCUT2D eigenvalue weighted by atomic mass is 16.4. The molecule has 5 rings (SSSR count). The van der Waals surface area contributed by atoms with Gasteiger partial charge in [-0.1, -0.05) is 18.9 Å². The van der Waals surface area contributed by atoms with Gasteiger partial charge in [-0.2, -0.15) is 0 Å². The third kappa shape index (κ3) is 2.17. The van der Waals surface area contributed by atoms with Gasteiger partial charge >= 0.3 is 6.01 Å². The monoisotopic (exact) mass is 290 g/mol. The van der Waals surface area contributed by atoms with Crippen molar-refractivity contribution in [2.75, 3.05) is 5.32 Å². The minimum Gasteiger partial charge on any atom is -0.406 e. The van der Waals surface area contributed by atoms with Gasteiger partial charge in [0, 0.05) is 5.54 Å². The molecule has 0 amide bonds. The molecule has 0 radical (unpaired) electrons. The number of nitrogens with two attached hydrogens (primary N) is 1. The predicted octanol–water partition coefficient (Wildman–Crippen LogP) is 3.25. The first kappa shape index (κ1) is 13.6. The van der Waals surface area contributed by atoms with E-state index in [-0.39, 0.29) is 11.6 Å². The molecule has 5 nitrogen and oxygen atoms in total. The lowest BCUT2D eigenvalue weighted by molar-refractivity contribution is -0.0978. The van der Waals surface area contributed by atoms with Crippen molar-refractivity contribution in [2.45, 2.75) is 70.9 Å². The van der Waals surface area contributed by atoms with Gasteiger partial charge in [0.2, 0.25) is 5.89 Å². The fourth-order valence-electron chi connectivity index (χ4n) is 6.28. The summed E-state index contributed by atoms with van der Waals surface area (Å²) >= 11 is 0. The maximum Gasteiger partial charge on any atom is 0.315 e. The molecule has 4 bridgehead atoms. The molecular weight excluding hydrogens is 264 g/mol. The first-order valence-corrected chi connectivity index (χ1v) is 8.16. The molecule has 1 aromatic heterocycles. The smallest absolute Gasteiger partial charge is 0.315 e. The molecule has 116 valence electrons. The number of hydrogen-bond acceptors (Lipinski definition) is 5. The molecule has 0 aliphatic heterocycles. The van der Waals surface area contributed by atoms with Crippen LogP contribution in [-0.4, -0.2) is 15.7 Å². The highest BCUT2D eigenvalue weighted by Crippen LogP contribution is 2.66. The lowest BCUT2D eigenvalue weighted by atomic mass is 9.43. The van der Waals surface area contributed by atoms with Crippen LogP contribution in [0.1, 0.15) is 71.2 Å². The molecule has 0 saturated heterocycles. The molecule has 21 heavy (non-hydrogen) atoms. The average molecular weight is 290 g/mol. The second kappa shape index (κ2) is 4.00. The van der Waals surface area contributed by atoms with Crippen LogP contribution in [0.15, 0.2) is 4.42 Å². The SMILES string of the molecule is CC(N)c1nnc(NC23CC4CC(C)(CC(C)(C4)C2)C3)o1. The van der Waals surface area contributed by atoms with Crippen LogP contribution in [0.3, 0.4) is 0 Å². The Labute approximate surface area is 126 Å². The van der Waals surface area contributed by atoms with Crippen LogP contribution in [0.2, 0.25) is 0 Å². The molecule has 3 N–H and O–H groups in total. The zero-order chi connectivity index (χ0) is 14.9. The van der Waals surface area contributed by atoms with Crippen LogP contribution in [0.25, 0.3) is 0 Å². The van der Waals surface area contributed by atoms with Crippen LogP contribution in [0.4, 0.5) is 6.01 Å². The summed E-state index contributed by atoms with van der Waals surface area (Å²) in [4.78, 5) is 0. The molecule has 0 spiro atoms. The van der Waals surface area contributed by atoms with E-state index < -0.39 is 0 Å². The first-order valence-electron chi connectivity index (χ1n) is 8.16. The Morgan fingerprint density at radius 1 is 1.14 bits per heavy atom. The summed E-state index contributed by atoms with van der Waals surface area (Å²) in [7, 11) is 0. The van der Waals surface area contributed by atoms with E-state index in [0.29, 0.717) is 22.7 Å². The number of aromatic nitrogens is 2. The predicted molar refractivity (Wildman–Crippen MR) is 80.7 cm³/mol. The van der Waals surface area contributed by atoms with Crippen molar-refractivity contribution >= 4 is 6.01 Å². The van der Waals surface area contributed by atoms with Crippen molar-refractivity contribution in [1.29, 1.82) is 0 Å². The van der Waals surface area contributed by atoms with Gasteiger partial charge in [-0.15, -0.1) is 5.10 Å². The van der Waals surface area contributed by atoms with Crippen LogP contribution in [0, 0.1) is 16.7 Å². The summed E-state index contributed by atoms with van der Waals surface area (Å²) in [6.45, 7) is 6.80. The fraction of sp³-hybridized carbons (Fsp3) is 0.875. The largest absolute Gasteiger partial charge is 0.406 e. The van der Waals surface area contributed by atoms with Gasteiger partial charge in [-0.25, -0.2) is 0 Å². The Bertz CT molecular complexity index is 548. The second-order valence-corrected chi connectivity index (χ2v) is 8.77. The minimum absolute atomic E-state index is 0.143. The average Bonchev–Trinajstić information content (AvgIpc) is 2.71. The summed E-state index contributed by atoms with van der Waals surface area (Å²) in [5, 5.41) is 11.8. The van der Waals surface area contributed by atoms with Crippen molar-refractivity contribution in [3.8, 4) is 0 Å². The molecule has 4 aliphatic carbocycles. The minimum atomic E-state index is -0.209. The van der Waals surface area contributed by atoms with Crippen LogP contribution in [0.5, 0.6) is 0 Å². The molecule has 5 heteroatoms. The van der Waals surface area contributed by atoms with Crippen molar-refractivity contribution in [3.63, 3.8) is 0 Å². The highest BCUT2D eigenvalue weighted by molar-refractivity contribution is 5.30. The van der Waals surface area contributed by atoms with Crippen LogP contribution < -0.4 is 11.1 Å². The molecule has 3 unspecified atom stereocenters. The molecule has 4 aliphatic rings. The van der Waals surface area contributed by atoms with E-state index >= 15 is 0 Å². The summed E-state index contributed by atoms with van der Waals surface area (Å²) in [5.74, 6) is 1.36. The number of hydrogen-bond donors (Lipinski definition) is 2. The van der Waals surface area contributed by atoms with Crippen LogP contribution >= 0.6 is 0 Å². The number of rotatable bonds is 3. The summed E-state index contributed by atoms with van der Waals surface area (Å²) < 4.78 is 5.69. The highest BCUT2D eigenvalue weighted by Gasteiger charge is 2.60. The Morgan fingerprint density at radius 3 is 2.33 bits per heavy atom. The molecule has 4 saturated carbocycles. The normalized spacial score (nSPS) is 45.8. The van der Waals surface area contributed by atoms with Gasteiger partial charge in [0.05, 0.1) is 6.04 Å². The Hall–Kier alpha value is -1.10. The fourth-order valence-corrected chi connectivity index (χ4v) is 6.28. The molecule has 1 heterocycles. The Kier molecular flexibility index (Phi) is 2.58. The number of anilines is 1. The third-order valence-corrected chi connectivity index (χ3v) is 5.83. The first-order chi connectivity index (χ1) is 9.79. The lowest BCUT2D eigenvalue weighted by Gasteiger charge is -2.65. The van der Waals surface area contributed by atoms with Gasteiger partial charge in [0.15, 0.2) is 0 Å². The Morgan fingerprint density at radius 2 is 1.81 bits per heavy atom. The molecule has 1 aromatic rings. The number of nitrogens with zero attached hydrogens (tertiary/aromatic N) is 2. The van der Waals surface area contributed by atoms with E-state index in [9.17, 15) is 0 Å². The van der Waals surface area contributed by atoms with E-state index in [2.05, 4.69) is 29.4 Å². The topological polar surface area (TPSA) is 77.0 Å². The van der Waals surface area contributed by atoms with Gasteiger partial charge in [-0.3, -0.25) is 0 Å². The second-order valence-electron chi connectivity index (χ2n) is 8.77. The third-order valence-electron chi connectivity index (χ3n) is 5.83. The van der Waals surface area contributed by atoms with Gasteiger partial charge in [0.25, 0.3) is 0 Å². The maximum absolute atomic E-state index is 5.81. The van der Waals surface area contributed by atoms with Crippen LogP contribution in [-0.2, 0) is 0 Å². The maximum atomic E-state index is 5.81. The lowest BCUT2D eigenvalue weighted by Crippen LogP contribution is -2.61. The molecule has 3 atom stereocenters. The van der Waals surface area contributed by atoms with Gasteiger partial charge in [0.1, 0.15) is 0 Å². The quantitative estimate of drug-likeness (QED) is 0.893. The van der Waals surface area contributed by atoms with Gasteiger partial charge < -0.3 is 15.5 Å². The molecule has 0 aromatic carbocycles. The number of nitrogens with one attached hydrogen (secondary N) is 1. The van der Waals surface area contributed by atoms with Crippen molar-refractivity contribution in [3.05, 3.63) is 5.89 Å². The van der Waals surface area contributed by atoms with Gasteiger partial charge in [-0.05, 0) is 62.2 Å². The molecule has 4 fully saturated rings. The van der Waals surface area contributed by atoms with E-state index in [4.69, 9.17) is 10.2 Å². The Balaban J connectivity index is 1.62. The zero-order valence-electron chi connectivity index (χ0n) is 13.3. The zero-order valence-corrected chi connectivity index (χ0v) is 13.3. The van der Waals surface area contributed by atoms with E-state index in [1.54, 1.807) is 0 Å². The molecular formula is C16H26N4O. The summed E-state index contributed by atoms with van der Waals surface area (Å²) in [6.07, 6.45) is 7.84. The van der Waals surface area contributed by atoms with E-state index in [0.717, 1.165) is 5.92 Å². The van der Waals surface area contributed by atoms with Crippen molar-refractivity contribution < 1.29 is 4.42 Å². The van der Waals surface area contributed by atoms with Crippen molar-refractivity contribution in [2.24, 2.45) is 22.5 Å². The van der Waals surface area contributed by atoms with E-state index in [1.165, 1.54) is 38.5 Å². The summed E-state index contributed by atoms with van der Waals surface area (Å²) in [5.41, 5.74) is 6.90.